The maximum atomic E-state index is 9.92. The van der Waals surface area contributed by atoms with Crippen molar-refractivity contribution in [1.29, 1.82) is 0 Å². The van der Waals surface area contributed by atoms with Crippen LogP contribution < -0.4 is 4.90 Å². The maximum Gasteiger partial charge on any atom is 0.129 e. The molecule has 5 nitrogen and oxygen atoms in total. The summed E-state index contributed by atoms with van der Waals surface area (Å²) in [5.74, 6) is 1.79. The van der Waals surface area contributed by atoms with Gasteiger partial charge in [-0.1, -0.05) is 18.2 Å². The van der Waals surface area contributed by atoms with Gasteiger partial charge >= 0.3 is 0 Å². The van der Waals surface area contributed by atoms with E-state index in [1.165, 1.54) is 5.39 Å². The number of benzene rings is 1. The Balaban J connectivity index is 1.47. The molecule has 5 heteroatoms. The fourth-order valence-corrected chi connectivity index (χ4v) is 4.54. The number of morpholine rings is 1. The molecule has 1 aromatic carbocycles. The van der Waals surface area contributed by atoms with Crippen molar-refractivity contribution >= 4 is 16.7 Å². The number of pyridine rings is 1. The number of aliphatic hydroxyl groups excluding tert-OH is 1. The number of anilines is 1. The van der Waals surface area contributed by atoms with Crippen LogP contribution in [-0.4, -0.2) is 66.5 Å². The molecule has 0 unspecified atom stereocenters. The highest BCUT2D eigenvalue weighted by molar-refractivity contribution is 5.80. The van der Waals surface area contributed by atoms with E-state index in [2.05, 4.69) is 47.9 Å². The van der Waals surface area contributed by atoms with Crippen LogP contribution in [0, 0.1) is 11.8 Å². The molecule has 2 aliphatic heterocycles. The summed E-state index contributed by atoms with van der Waals surface area (Å²) >= 11 is 0. The largest absolute Gasteiger partial charge is 0.396 e. The summed E-state index contributed by atoms with van der Waals surface area (Å²) < 4.78 is 5.85. The van der Waals surface area contributed by atoms with Crippen LogP contribution in [0.15, 0.2) is 36.4 Å². The molecule has 1 aromatic heterocycles. The average molecular weight is 355 g/mol. The van der Waals surface area contributed by atoms with Crippen LogP contribution in [0.2, 0.25) is 0 Å². The number of aromatic nitrogens is 1. The number of hydrogen-bond donors (Lipinski definition) is 1. The average Bonchev–Trinajstić information content (AvgIpc) is 3.03. The van der Waals surface area contributed by atoms with E-state index in [1.54, 1.807) is 0 Å². The highest BCUT2D eigenvalue weighted by atomic mass is 16.5. The summed E-state index contributed by atoms with van der Waals surface area (Å²) in [6.07, 6.45) is 0.567. The molecular weight excluding hydrogens is 326 g/mol. The van der Waals surface area contributed by atoms with E-state index in [0.29, 0.717) is 11.8 Å². The van der Waals surface area contributed by atoms with Gasteiger partial charge in [-0.3, -0.25) is 4.90 Å². The molecule has 26 heavy (non-hydrogen) atoms. The Morgan fingerprint density at radius 3 is 2.50 bits per heavy atom. The van der Waals surface area contributed by atoms with Gasteiger partial charge in [0.2, 0.25) is 0 Å². The lowest BCUT2D eigenvalue weighted by molar-refractivity contribution is -0.0725. The van der Waals surface area contributed by atoms with Crippen LogP contribution >= 0.6 is 0 Å². The first-order valence-electron chi connectivity index (χ1n) is 9.72. The minimum absolute atomic E-state index is 0.240. The van der Waals surface area contributed by atoms with Crippen molar-refractivity contribution in [1.82, 2.24) is 9.88 Å². The van der Waals surface area contributed by atoms with E-state index in [0.717, 1.165) is 44.1 Å². The molecule has 2 aliphatic rings. The molecule has 0 radical (unpaired) electrons. The Morgan fingerprint density at radius 1 is 1.00 bits per heavy atom. The summed E-state index contributed by atoms with van der Waals surface area (Å²) in [6, 6.07) is 12.5. The van der Waals surface area contributed by atoms with Crippen LogP contribution in [0.5, 0.6) is 0 Å². The molecule has 3 heterocycles. The van der Waals surface area contributed by atoms with E-state index in [4.69, 9.17) is 9.72 Å². The van der Waals surface area contributed by atoms with Crippen molar-refractivity contribution in [3.8, 4) is 0 Å². The lowest BCUT2D eigenvalue weighted by Gasteiger charge is -2.37. The van der Waals surface area contributed by atoms with Gasteiger partial charge in [-0.25, -0.2) is 4.98 Å². The number of rotatable bonds is 4. The van der Waals surface area contributed by atoms with Gasteiger partial charge in [0.05, 0.1) is 17.7 Å². The summed E-state index contributed by atoms with van der Waals surface area (Å²) in [4.78, 5) is 9.68. The highest BCUT2D eigenvalue weighted by Crippen LogP contribution is 2.29. The molecule has 0 bridgehead atoms. The normalized spacial score (nSPS) is 30.2. The van der Waals surface area contributed by atoms with Crippen LogP contribution in [-0.2, 0) is 4.74 Å². The molecule has 0 aliphatic carbocycles. The zero-order valence-electron chi connectivity index (χ0n) is 15.7. The third-order valence-corrected chi connectivity index (χ3v) is 5.71. The Bertz CT molecular complexity index is 743. The van der Waals surface area contributed by atoms with Crippen molar-refractivity contribution in [3.63, 3.8) is 0 Å². The van der Waals surface area contributed by atoms with Gasteiger partial charge < -0.3 is 14.7 Å². The number of ether oxygens (including phenoxy) is 1. The lowest BCUT2D eigenvalue weighted by atomic mass is 9.96. The third-order valence-electron chi connectivity index (χ3n) is 5.71. The zero-order valence-corrected chi connectivity index (χ0v) is 15.7. The topological polar surface area (TPSA) is 48.8 Å². The minimum atomic E-state index is 0.240. The predicted molar refractivity (Wildman–Crippen MR) is 104 cm³/mol. The Morgan fingerprint density at radius 2 is 1.73 bits per heavy atom. The summed E-state index contributed by atoms with van der Waals surface area (Å²) in [5.41, 5.74) is 1.03. The lowest BCUT2D eigenvalue weighted by Crippen LogP contribution is -2.48. The summed E-state index contributed by atoms with van der Waals surface area (Å²) in [6.45, 7) is 9.34. The molecule has 0 spiro atoms. The van der Waals surface area contributed by atoms with Crippen molar-refractivity contribution in [2.24, 2.45) is 11.8 Å². The molecule has 140 valence electrons. The molecule has 2 fully saturated rings. The molecule has 0 amide bonds. The quantitative estimate of drug-likeness (QED) is 0.913. The highest BCUT2D eigenvalue weighted by Gasteiger charge is 2.35. The van der Waals surface area contributed by atoms with Crippen molar-refractivity contribution in [2.45, 2.75) is 26.1 Å². The summed E-state index contributed by atoms with van der Waals surface area (Å²) in [7, 11) is 0. The molecule has 0 saturated carbocycles. The van der Waals surface area contributed by atoms with Gasteiger partial charge in [0, 0.05) is 50.6 Å². The maximum absolute atomic E-state index is 9.92. The van der Waals surface area contributed by atoms with Crippen LogP contribution in [0.25, 0.3) is 10.9 Å². The number of hydrogen-bond acceptors (Lipinski definition) is 5. The first kappa shape index (κ1) is 17.7. The number of nitrogens with zero attached hydrogens (tertiary/aromatic N) is 3. The fourth-order valence-electron chi connectivity index (χ4n) is 4.54. The van der Waals surface area contributed by atoms with Crippen LogP contribution in [0.4, 0.5) is 5.82 Å². The predicted octanol–water partition coefficient (Wildman–Crippen LogP) is 2.39. The van der Waals surface area contributed by atoms with Gasteiger partial charge in [0.15, 0.2) is 0 Å². The second kappa shape index (κ2) is 7.51. The smallest absolute Gasteiger partial charge is 0.129 e. The SMILES string of the molecule is C[C@@H]1CN(C[C@H]2CN(c3ccc4ccccc4n3)C[C@H]2CO)C[C@H](C)O1. The van der Waals surface area contributed by atoms with Crippen molar-refractivity contribution in [3.05, 3.63) is 36.4 Å². The van der Waals surface area contributed by atoms with E-state index >= 15 is 0 Å². The Kier molecular flexibility index (Phi) is 5.11. The molecule has 2 saturated heterocycles. The van der Waals surface area contributed by atoms with Gasteiger partial charge in [0.25, 0.3) is 0 Å². The Hall–Kier alpha value is -1.69. The van der Waals surface area contributed by atoms with Crippen molar-refractivity contribution in [2.75, 3.05) is 44.2 Å². The van der Waals surface area contributed by atoms with Crippen molar-refractivity contribution < 1.29 is 9.84 Å². The van der Waals surface area contributed by atoms with E-state index < -0.39 is 0 Å². The van der Waals surface area contributed by atoms with E-state index in [1.807, 2.05) is 12.1 Å². The fraction of sp³-hybridized carbons (Fsp3) is 0.571. The van der Waals surface area contributed by atoms with Crippen LogP contribution in [0.3, 0.4) is 0 Å². The van der Waals surface area contributed by atoms with Gasteiger partial charge in [-0.2, -0.15) is 0 Å². The van der Waals surface area contributed by atoms with E-state index in [-0.39, 0.29) is 18.8 Å². The second-order valence-corrected chi connectivity index (χ2v) is 7.95. The molecule has 1 N–H and O–H groups in total. The first-order valence-corrected chi connectivity index (χ1v) is 9.72. The van der Waals surface area contributed by atoms with E-state index in [9.17, 15) is 5.11 Å². The van der Waals surface area contributed by atoms with Crippen LogP contribution in [0.1, 0.15) is 13.8 Å². The minimum Gasteiger partial charge on any atom is -0.396 e. The van der Waals surface area contributed by atoms with Gasteiger partial charge in [-0.15, -0.1) is 0 Å². The zero-order chi connectivity index (χ0) is 18.1. The molecule has 2 aromatic rings. The Labute approximate surface area is 155 Å². The molecular formula is C21H29N3O2. The first-order chi connectivity index (χ1) is 12.6. The summed E-state index contributed by atoms with van der Waals surface area (Å²) in [5, 5.41) is 11.1. The second-order valence-electron chi connectivity index (χ2n) is 7.95. The third kappa shape index (κ3) is 3.70. The number of para-hydroxylation sites is 1. The molecule has 4 rings (SSSR count). The van der Waals surface area contributed by atoms with Gasteiger partial charge in [-0.05, 0) is 38.0 Å². The van der Waals surface area contributed by atoms with Gasteiger partial charge in [0.1, 0.15) is 5.82 Å². The molecule has 4 atom stereocenters. The number of fused-ring (bicyclic) bond motifs is 1. The monoisotopic (exact) mass is 355 g/mol. The standard InChI is InChI=1S/C21H29N3O2/c1-15-9-23(10-16(2)26-15)11-18-12-24(13-19(18)14-25)21-8-7-17-5-3-4-6-20(17)22-21/h3-8,15-16,18-19,25H,9-14H2,1-2H3/t15-,16+,18-,19-/m0/s1. The number of aliphatic hydroxyl groups is 1.